The van der Waals surface area contributed by atoms with Crippen molar-refractivity contribution >= 4 is 11.6 Å². The molecule has 0 aliphatic carbocycles. The Bertz CT molecular complexity index is 591. The first-order chi connectivity index (χ1) is 8.69. The number of fused-ring (bicyclic) bond motifs is 3. The van der Waals surface area contributed by atoms with E-state index in [4.69, 9.17) is 11.6 Å². The predicted molar refractivity (Wildman–Crippen MR) is 70.9 cm³/mol. The van der Waals surface area contributed by atoms with Gasteiger partial charge in [0.2, 0.25) is 0 Å². The third-order valence-corrected chi connectivity index (χ3v) is 3.48. The van der Waals surface area contributed by atoms with Crippen LogP contribution in [0.4, 0.5) is 0 Å². The van der Waals surface area contributed by atoms with Gasteiger partial charge in [0, 0.05) is 18.0 Å². The lowest BCUT2D eigenvalue weighted by Gasteiger charge is -2.13. The van der Waals surface area contributed by atoms with Crippen LogP contribution in [-0.2, 0) is 19.5 Å². The molecule has 0 unspecified atom stereocenters. The van der Waals surface area contributed by atoms with Gasteiger partial charge in [0.25, 0.3) is 0 Å². The molecule has 0 atom stereocenters. The van der Waals surface area contributed by atoms with E-state index in [1.807, 2.05) is 12.1 Å². The molecule has 0 amide bonds. The van der Waals surface area contributed by atoms with Crippen molar-refractivity contribution in [1.29, 1.82) is 0 Å². The fourth-order valence-corrected chi connectivity index (χ4v) is 2.64. The summed E-state index contributed by atoms with van der Waals surface area (Å²) in [4.78, 5) is 2.22. The monoisotopic (exact) mass is 262 g/mol. The van der Waals surface area contributed by atoms with Crippen molar-refractivity contribution in [2.45, 2.75) is 26.4 Å². The molecular weight excluding hydrogens is 248 g/mol. The van der Waals surface area contributed by atoms with E-state index in [-0.39, 0.29) is 0 Å². The number of rotatable bonds is 1. The molecule has 94 valence electrons. The summed E-state index contributed by atoms with van der Waals surface area (Å²) in [6.45, 7) is 3.78. The van der Waals surface area contributed by atoms with E-state index in [1.54, 1.807) is 0 Å². The highest BCUT2D eigenvalue weighted by molar-refractivity contribution is 6.30. The van der Waals surface area contributed by atoms with Gasteiger partial charge >= 0.3 is 0 Å². The molecule has 0 N–H and O–H groups in total. The highest BCUT2D eigenvalue weighted by Crippen LogP contribution is 2.26. The van der Waals surface area contributed by atoms with Gasteiger partial charge in [-0.1, -0.05) is 18.5 Å². The highest BCUT2D eigenvalue weighted by Gasteiger charge is 2.21. The Kier molecular flexibility index (Phi) is 2.84. The van der Waals surface area contributed by atoms with E-state index in [2.05, 4.69) is 39.7 Å². The fraction of sp³-hybridized carbons (Fsp3) is 0.385. The first-order valence-corrected chi connectivity index (χ1v) is 6.47. The van der Waals surface area contributed by atoms with Crippen LogP contribution >= 0.6 is 11.6 Å². The zero-order chi connectivity index (χ0) is 12.7. The second kappa shape index (κ2) is 4.37. The summed E-state index contributed by atoms with van der Waals surface area (Å²) in [5, 5.41) is 9.34. The molecule has 4 nitrogen and oxygen atoms in total. The van der Waals surface area contributed by atoms with Crippen molar-refractivity contribution in [3.63, 3.8) is 0 Å². The molecule has 18 heavy (non-hydrogen) atoms. The van der Waals surface area contributed by atoms with Crippen molar-refractivity contribution in [2.24, 2.45) is 0 Å². The smallest absolute Gasteiger partial charge is 0.151 e. The van der Waals surface area contributed by atoms with Crippen molar-refractivity contribution in [3.05, 3.63) is 40.4 Å². The second-order valence-electron chi connectivity index (χ2n) is 4.67. The van der Waals surface area contributed by atoms with Gasteiger partial charge in [0.15, 0.2) is 5.82 Å². The Morgan fingerprint density at radius 1 is 1.28 bits per heavy atom. The summed E-state index contributed by atoms with van der Waals surface area (Å²) in [7, 11) is 2.08. The number of hydrogen-bond acceptors (Lipinski definition) is 3. The summed E-state index contributed by atoms with van der Waals surface area (Å²) >= 11 is 6.09. The number of nitrogens with zero attached hydrogens (tertiary/aromatic N) is 4. The molecule has 0 saturated carbocycles. The molecule has 1 aromatic heterocycles. The van der Waals surface area contributed by atoms with Crippen LogP contribution in [0.3, 0.4) is 0 Å². The van der Waals surface area contributed by atoms with Gasteiger partial charge in [-0.25, -0.2) is 0 Å². The minimum Gasteiger partial charge on any atom is -0.295 e. The van der Waals surface area contributed by atoms with Crippen molar-refractivity contribution in [2.75, 3.05) is 7.05 Å². The van der Waals surface area contributed by atoms with Gasteiger partial charge < -0.3 is 0 Å². The lowest BCUT2D eigenvalue weighted by atomic mass is 10.1. The van der Waals surface area contributed by atoms with E-state index in [0.717, 1.165) is 41.9 Å². The van der Waals surface area contributed by atoms with Gasteiger partial charge in [-0.3, -0.25) is 9.47 Å². The molecular formula is C13H15ClN4. The van der Waals surface area contributed by atoms with Crippen LogP contribution in [0.1, 0.15) is 24.1 Å². The van der Waals surface area contributed by atoms with Crippen LogP contribution in [-0.4, -0.2) is 26.7 Å². The molecule has 1 aromatic carbocycles. The average Bonchev–Trinajstić information content (AvgIpc) is 2.66. The quantitative estimate of drug-likeness (QED) is 0.792. The molecule has 0 spiro atoms. The minimum absolute atomic E-state index is 0.775. The lowest BCUT2D eigenvalue weighted by Crippen LogP contribution is -2.16. The minimum atomic E-state index is 0.775. The zero-order valence-corrected chi connectivity index (χ0v) is 11.3. The lowest BCUT2D eigenvalue weighted by molar-refractivity contribution is 0.315. The number of hydrogen-bond donors (Lipinski definition) is 0. The average molecular weight is 263 g/mol. The summed E-state index contributed by atoms with van der Waals surface area (Å²) in [5.74, 6) is 2.00. The van der Waals surface area contributed by atoms with Crippen molar-refractivity contribution < 1.29 is 0 Å². The van der Waals surface area contributed by atoms with E-state index in [9.17, 15) is 0 Å². The number of aryl methyl sites for hydroxylation is 1. The Morgan fingerprint density at radius 3 is 2.89 bits per heavy atom. The van der Waals surface area contributed by atoms with Crippen molar-refractivity contribution in [3.8, 4) is 5.69 Å². The molecule has 0 saturated heterocycles. The van der Waals surface area contributed by atoms with Crippen LogP contribution in [0.15, 0.2) is 18.2 Å². The topological polar surface area (TPSA) is 34.0 Å². The van der Waals surface area contributed by atoms with Crippen LogP contribution in [0, 0.1) is 0 Å². The molecule has 5 heteroatoms. The maximum Gasteiger partial charge on any atom is 0.151 e. The van der Waals surface area contributed by atoms with Gasteiger partial charge in [-0.15, -0.1) is 10.2 Å². The van der Waals surface area contributed by atoms with Crippen LogP contribution in [0.2, 0.25) is 5.02 Å². The summed E-state index contributed by atoms with van der Waals surface area (Å²) < 4.78 is 2.16. The Labute approximate surface area is 111 Å². The highest BCUT2D eigenvalue weighted by atomic mass is 35.5. The van der Waals surface area contributed by atoms with Crippen LogP contribution < -0.4 is 0 Å². The number of halogens is 1. The molecule has 1 aliphatic heterocycles. The third kappa shape index (κ3) is 1.82. The summed E-state index contributed by atoms with van der Waals surface area (Å²) in [6, 6.07) is 6.01. The molecule has 3 rings (SSSR count). The third-order valence-electron chi connectivity index (χ3n) is 3.25. The van der Waals surface area contributed by atoms with E-state index >= 15 is 0 Å². The fourth-order valence-electron chi connectivity index (χ4n) is 2.45. The first kappa shape index (κ1) is 11.7. The van der Waals surface area contributed by atoms with E-state index in [1.165, 1.54) is 5.56 Å². The van der Waals surface area contributed by atoms with Gasteiger partial charge in [-0.05, 0) is 30.8 Å². The zero-order valence-electron chi connectivity index (χ0n) is 10.5. The maximum absolute atomic E-state index is 6.09. The molecule has 0 radical (unpaired) electrons. The molecule has 1 aliphatic rings. The Morgan fingerprint density at radius 2 is 2.11 bits per heavy atom. The maximum atomic E-state index is 6.09. The molecule has 2 heterocycles. The van der Waals surface area contributed by atoms with Crippen LogP contribution in [0.5, 0.6) is 0 Å². The molecule has 0 bridgehead atoms. The predicted octanol–water partition coefficient (Wildman–Crippen LogP) is 2.43. The number of benzene rings is 1. The van der Waals surface area contributed by atoms with Gasteiger partial charge in [0.1, 0.15) is 5.82 Å². The van der Waals surface area contributed by atoms with Gasteiger partial charge in [-0.2, -0.15) is 0 Å². The number of aromatic nitrogens is 3. The van der Waals surface area contributed by atoms with Gasteiger partial charge in [0.05, 0.1) is 12.2 Å². The largest absolute Gasteiger partial charge is 0.295 e. The summed E-state index contributed by atoms with van der Waals surface area (Å²) in [6.07, 6.45) is 0.874. The van der Waals surface area contributed by atoms with E-state index < -0.39 is 0 Å². The first-order valence-electron chi connectivity index (χ1n) is 6.09. The molecule has 0 fully saturated rings. The second-order valence-corrected chi connectivity index (χ2v) is 5.10. The van der Waals surface area contributed by atoms with E-state index in [0.29, 0.717) is 0 Å². The van der Waals surface area contributed by atoms with Crippen molar-refractivity contribution in [1.82, 2.24) is 19.7 Å². The molecule has 2 aromatic rings. The SMILES string of the molecule is CCc1nnc2n1-c1ccc(Cl)cc1CN(C)C2. The van der Waals surface area contributed by atoms with Crippen LogP contribution in [0.25, 0.3) is 5.69 Å². The Balaban J connectivity index is 2.26. The summed E-state index contributed by atoms with van der Waals surface area (Å²) in [5.41, 5.74) is 2.37. The normalized spacial score (nSPS) is 15.1. The Hall–Kier alpha value is -1.39. The standard InChI is InChI=1S/C13H15ClN4/c1-3-12-15-16-13-8-17(2)7-9-6-10(14)4-5-11(9)18(12)13/h4-6H,3,7-8H2,1-2H3.